The number of nitrogens with two attached hydrogens (primary N) is 1. The van der Waals surface area contributed by atoms with E-state index >= 15 is 0 Å². The van der Waals surface area contributed by atoms with Crippen molar-refractivity contribution in [3.8, 4) is 0 Å². The number of nitrogens with one attached hydrogen (secondary N) is 1. The van der Waals surface area contributed by atoms with Gasteiger partial charge >= 0.3 is 5.97 Å². The molecule has 0 fully saturated rings. The summed E-state index contributed by atoms with van der Waals surface area (Å²) in [5.74, 6) is -0.646. The van der Waals surface area contributed by atoms with E-state index in [1.807, 2.05) is 13.8 Å². The van der Waals surface area contributed by atoms with Crippen molar-refractivity contribution < 1.29 is 9.90 Å². The fourth-order valence-corrected chi connectivity index (χ4v) is 1.09. The average molecular weight is 200 g/mol. The van der Waals surface area contributed by atoms with Gasteiger partial charge in [-0.05, 0) is 25.2 Å². The minimum atomic E-state index is -0.941. The Balaban J connectivity index is 3.47. The Hall–Kier alpha value is -0.900. The van der Waals surface area contributed by atoms with E-state index in [0.29, 0.717) is 12.3 Å². The van der Waals surface area contributed by atoms with Crippen LogP contribution in [0.25, 0.3) is 0 Å². The SMILES string of the molecule is CC(C)C(=N)CCCCC(N)C(=O)O. The van der Waals surface area contributed by atoms with Crippen molar-refractivity contribution in [2.24, 2.45) is 11.7 Å². The lowest BCUT2D eigenvalue weighted by atomic mass is 10.0. The molecule has 82 valence electrons. The molecule has 0 radical (unpaired) electrons. The van der Waals surface area contributed by atoms with Crippen molar-refractivity contribution in [1.29, 1.82) is 5.41 Å². The lowest BCUT2D eigenvalue weighted by molar-refractivity contribution is -0.138. The highest BCUT2D eigenvalue weighted by molar-refractivity contribution is 5.83. The van der Waals surface area contributed by atoms with Gasteiger partial charge in [-0.1, -0.05) is 20.3 Å². The maximum Gasteiger partial charge on any atom is 0.320 e. The van der Waals surface area contributed by atoms with E-state index < -0.39 is 12.0 Å². The van der Waals surface area contributed by atoms with E-state index in [4.69, 9.17) is 16.2 Å². The van der Waals surface area contributed by atoms with Gasteiger partial charge < -0.3 is 16.2 Å². The van der Waals surface area contributed by atoms with Gasteiger partial charge in [0.05, 0.1) is 0 Å². The van der Waals surface area contributed by atoms with E-state index in [9.17, 15) is 4.79 Å². The Bertz CT molecular complexity index is 202. The molecule has 0 heterocycles. The zero-order valence-corrected chi connectivity index (χ0v) is 8.92. The second-order valence-corrected chi connectivity index (χ2v) is 3.87. The van der Waals surface area contributed by atoms with Crippen LogP contribution in [-0.2, 0) is 4.79 Å². The van der Waals surface area contributed by atoms with Crippen LogP contribution in [0.15, 0.2) is 0 Å². The molecule has 1 unspecified atom stereocenters. The van der Waals surface area contributed by atoms with Crippen molar-refractivity contribution in [2.75, 3.05) is 0 Å². The molecule has 0 aliphatic heterocycles. The van der Waals surface area contributed by atoms with Gasteiger partial charge in [-0.2, -0.15) is 0 Å². The highest BCUT2D eigenvalue weighted by atomic mass is 16.4. The van der Waals surface area contributed by atoms with Gasteiger partial charge in [0.15, 0.2) is 0 Å². The molecule has 0 aromatic heterocycles. The van der Waals surface area contributed by atoms with Crippen LogP contribution in [0.1, 0.15) is 39.5 Å². The van der Waals surface area contributed by atoms with Crippen LogP contribution >= 0.6 is 0 Å². The summed E-state index contributed by atoms with van der Waals surface area (Å²) in [5, 5.41) is 16.1. The zero-order chi connectivity index (χ0) is 11.1. The third-order valence-corrected chi connectivity index (χ3v) is 2.23. The van der Waals surface area contributed by atoms with Crippen LogP contribution in [0, 0.1) is 11.3 Å². The topological polar surface area (TPSA) is 87.2 Å². The van der Waals surface area contributed by atoms with Gasteiger partial charge in [-0.3, -0.25) is 4.79 Å². The summed E-state index contributed by atoms with van der Waals surface area (Å²) in [6.45, 7) is 3.98. The first-order valence-electron chi connectivity index (χ1n) is 5.00. The molecule has 0 aliphatic rings. The quantitative estimate of drug-likeness (QED) is 0.431. The molecule has 0 saturated carbocycles. The fourth-order valence-electron chi connectivity index (χ4n) is 1.09. The largest absolute Gasteiger partial charge is 0.480 e. The van der Waals surface area contributed by atoms with Crippen LogP contribution in [0.4, 0.5) is 0 Å². The van der Waals surface area contributed by atoms with Crippen LogP contribution < -0.4 is 5.73 Å². The highest BCUT2D eigenvalue weighted by Crippen LogP contribution is 2.07. The van der Waals surface area contributed by atoms with E-state index in [-0.39, 0.29) is 0 Å². The number of carbonyl (C=O) groups is 1. The van der Waals surface area contributed by atoms with Crippen LogP contribution in [0.5, 0.6) is 0 Å². The van der Waals surface area contributed by atoms with Crippen molar-refractivity contribution in [2.45, 2.75) is 45.6 Å². The summed E-state index contributed by atoms with van der Waals surface area (Å²) < 4.78 is 0. The normalized spacial score (nSPS) is 12.9. The molecule has 0 aromatic carbocycles. The Morgan fingerprint density at radius 3 is 2.43 bits per heavy atom. The maximum atomic E-state index is 10.4. The molecule has 14 heavy (non-hydrogen) atoms. The van der Waals surface area contributed by atoms with E-state index in [1.165, 1.54) is 0 Å². The smallest absolute Gasteiger partial charge is 0.320 e. The Labute approximate surface area is 85.0 Å². The fraction of sp³-hybridized carbons (Fsp3) is 0.800. The molecule has 0 saturated heterocycles. The van der Waals surface area contributed by atoms with Gasteiger partial charge in [0.25, 0.3) is 0 Å². The first kappa shape index (κ1) is 13.1. The van der Waals surface area contributed by atoms with Gasteiger partial charge in [-0.25, -0.2) is 0 Å². The first-order valence-corrected chi connectivity index (χ1v) is 5.00. The van der Waals surface area contributed by atoms with Gasteiger partial charge in [0.1, 0.15) is 6.04 Å². The summed E-state index contributed by atoms with van der Waals surface area (Å²) in [5.41, 5.74) is 6.07. The molecule has 0 aliphatic carbocycles. The molecule has 0 aromatic rings. The Morgan fingerprint density at radius 1 is 1.43 bits per heavy atom. The van der Waals surface area contributed by atoms with E-state index in [0.717, 1.165) is 25.0 Å². The van der Waals surface area contributed by atoms with Crippen molar-refractivity contribution in [1.82, 2.24) is 0 Å². The second kappa shape index (κ2) is 6.54. The standard InChI is InChI=1S/C10H20N2O2/c1-7(2)8(11)5-3-4-6-9(12)10(13)14/h7,9,11H,3-6,12H2,1-2H3,(H,13,14). The van der Waals surface area contributed by atoms with Crippen molar-refractivity contribution in [3.05, 3.63) is 0 Å². The highest BCUT2D eigenvalue weighted by Gasteiger charge is 2.10. The third kappa shape index (κ3) is 5.70. The van der Waals surface area contributed by atoms with Crippen LogP contribution in [-0.4, -0.2) is 22.8 Å². The summed E-state index contributed by atoms with van der Waals surface area (Å²) in [6.07, 6.45) is 2.89. The predicted molar refractivity (Wildman–Crippen MR) is 56.6 cm³/mol. The number of aliphatic carboxylic acids is 1. The molecule has 4 N–H and O–H groups in total. The number of hydrogen-bond acceptors (Lipinski definition) is 3. The van der Waals surface area contributed by atoms with Crippen molar-refractivity contribution >= 4 is 11.7 Å². The second-order valence-electron chi connectivity index (χ2n) is 3.87. The number of unbranched alkanes of at least 4 members (excludes halogenated alkanes) is 1. The molecule has 4 nitrogen and oxygen atoms in total. The number of carboxylic acid groups (broad SMARTS) is 1. The number of rotatable bonds is 7. The Morgan fingerprint density at radius 2 is 2.00 bits per heavy atom. The lowest BCUT2D eigenvalue weighted by Crippen LogP contribution is -2.29. The molecule has 0 rings (SSSR count). The summed E-state index contributed by atoms with van der Waals surface area (Å²) in [7, 11) is 0. The Kier molecular flexibility index (Phi) is 6.12. The van der Waals surface area contributed by atoms with Crippen LogP contribution in [0.3, 0.4) is 0 Å². The monoisotopic (exact) mass is 200 g/mol. The molecular weight excluding hydrogens is 180 g/mol. The summed E-state index contributed by atoms with van der Waals surface area (Å²) in [4.78, 5) is 10.4. The molecule has 0 bridgehead atoms. The molecule has 4 heteroatoms. The van der Waals surface area contributed by atoms with Gasteiger partial charge in [0, 0.05) is 5.71 Å². The predicted octanol–water partition coefficient (Wildman–Crippen LogP) is 1.63. The third-order valence-electron chi connectivity index (χ3n) is 2.23. The molecule has 1 atom stereocenters. The molecule has 0 spiro atoms. The van der Waals surface area contributed by atoms with Crippen LogP contribution in [0.2, 0.25) is 0 Å². The molecule has 0 amide bonds. The number of hydrogen-bond donors (Lipinski definition) is 3. The molecular formula is C10H20N2O2. The minimum absolute atomic E-state index is 0.295. The summed E-state index contributed by atoms with van der Waals surface area (Å²) in [6, 6.07) is -0.747. The number of carboxylic acids is 1. The average Bonchev–Trinajstić information content (AvgIpc) is 2.11. The minimum Gasteiger partial charge on any atom is -0.480 e. The van der Waals surface area contributed by atoms with Gasteiger partial charge in [-0.15, -0.1) is 0 Å². The van der Waals surface area contributed by atoms with E-state index in [1.54, 1.807) is 0 Å². The summed E-state index contributed by atoms with van der Waals surface area (Å²) >= 11 is 0. The lowest BCUT2D eigenvalue weighted by Gasteiger charge is -2.08. The first-order chi connectivity index (χ1) is 6.45. The maximum absolute atomic E-state index is 10.4. The van der Waals surface area contributed by atoms with E-state index in [2.05, 4.69) is 0 Å². The van der Waals surface area contributed by atoms with Crippen molar-refractivity contribution in [3.63, 3.8) is 0 Å². The zero-order valence-electron chi connectivity index (χ0n) is 8.92. The van der Waals surface area contributed by atoms with Gasteiger partial charge in [0.2, 0.25) is 0 Å².